The zero-order valence-corrected chi connectivity index (χ0v) is 12.6. The number of carbonyl (C=O) groups is 1. The van der Waals surface area contributed by atoms with E-state index >= 15 is 0 Å². The number of nitrogens with one attached hydrogen (secondary N) is 3. The van der Waals surface area contributed by atoms with Crippen LogP contribution < -0.4 is 16.2 Å². The van der Waals surface area contributed by atoms with Crippen molar-refractivity contribution in [2.24, 2.45) is 0 Å². The number of benzene rings is 1. The van der Waals surface area contributed by atoms with E-state index in [2.05, 4.69) is 16.2 Å². The molecule has 0 fully saturated rings. The highest BCUT2D eigenvalue weighted by Crippen LogP contribution is 2.19. The van der Waals surface area contributed by atoms with Crippen molar-refractivity contribution < 1.29 is 9.18 Å². The van der Waals surface area contributed by atoms with Gasteiger partial charge in [0, 0.05) is 17.7 Å². The average molecular weight is 316 g/mol. The fourth-order valence-corrected chi connectivity index (χ4v) is 1.80. The van der Waals surface area contributed by atoms with Crippen LogP contribution in [0.15, 0.2) is 24.3 Å². The Hall–Kier alpha value is -1.66. The van der Waals surface area contributed by atoms with Gasteiger partial charge in [-0.2, -0.15) is 0 Å². The number of rotatable bonds is 3. The van der Waals surface area contributed by atoms with E-state index in [0.717, 1.165) is 6.08 Å². The largest absolute Gasteiger partial charge is 0.359 e. The molecule has 0 aliphatic carbocycles. The molecule has 1 aromatic carbocycles. The van der Waals surface area contributed by atoms with E-state index in [1.165, 1.54) is 18.2 Å². The summed E-state index contributed by atoms with van der Waals surface area (Å²) in [6.45, 7) is 3.83. The van der Waals surface area contributed by atoms with Gasteiger partial charge in [0.25, 0.3) is 5.91 Å². The third-order valence-corrected chi connectivity index (χ3v) is 2.67. The molecule has 0 atom stereocenters. The number of amides is 1. The van der Waals surface area contributed by atoms with Crippen molar-refractivity contribution in [2.75, 3.05) is 0 Å². The predicted octanol–water partition coefficient (Wildman–Crippen LogP) is 2.40. The van der Waals surface area contributed by atoms with Gasteiger partial charge in [-0.3, -0.25) is 15.6 Å². The third-order valence-electron chi connectivity index (χ3n) is 2.12. The van der Waals surface area contributed by atoms with E-state index in [4.69, 9.17) is 23.8 Å². The Bertz CT molecular complexity index is 514. The van der Waals surface area contributed by atoms with Gasteiger partial charge in [0.15, 0.2) is 5.11 Å². The Morgan fingerprint density at radius 3 is 2.70 bits per heavy atom. The van der Waals surface area contributed by atoms with Crippen LogP contribution in [0, 0.1) is 5.82 Å². The molecule has 0 heterocycles. The molecule has 20 heavy (non-hydrogen) atoms. The smallest absolute Gasteiger partial charge is 0.262 e. The molecule has 7 heteroatoms. The van der Waals surface area contributed by atoms with E-state index in [-0.39, 0.29) is 16.6 Å². The number of thiocarbonyl (C=S) groups is 1. The predicted molar refractivity (Wildman–Crippen MR) is 82.6 cm³/mol. The summed E-state index contributed by atoms with van der Waals surface area (Å²) in [5, 5.41) is 3.42. The topological polar surface area (TPSA) is 53.2 Å². The molecule has 1 rings (SSSR count). The quantitative estimate of drug-likeness (QED) is 0.455. The van der Waals surface area contributed by atoms with Crippen LogP contribution in [0.4, 0.5) is 4.39 Å². The molecule has 3 N–H and O–H groups in total. The molecular weight excluding hydrogens is 301 g/mol. The van der Waals surface area contributed by atoms with Gasteiger partial charge in [0.1, 0.15) is 5.82 Å². The van der Waals surface area contributed by atoms with Crippen molar-refractivity contribution in [1.29, 1.82) is 0 Å². The van der Waals surface area contributed by atoms with Crippen LogP contribution in [0.1, 0.15) is 19.4 Å². The standard InChI is InChI=1S/C13H15ClFN3OS/c1-8(2)16-13(20)18-17-12(19)7-6-9-10(14)4-3-5-11(9)15/h3-8H,1-2H3,(H,17,19)(H2,16,18,20)/b7-6+. The molecule has 0 aliphatic rings. The Kier molecular flexibility index (Phi) is 6.41. The van der Waals surface area contributed by atoms with Gasteiger partial charge in [0.2, 0.25) is 0 Å². The summed E-state index contributed by atoms with van der Waals surface area (Å²) in [4.78, 5) is 11.5. The molecule has 0 unspecified atom stereocenters. The van der Waals surface area contributed by atoms with Crippen molar-refractivity contribution in [1.82, 2.24) is 16.2 Å². The maximum atomic E-state index is 13.4. The first-order valence-electron chi connectivity index (χ1n) is 5.88. The number of hydrogen-bond donors (Lipinski definition) is 3. The first kappa shape index (κ1) is 16.4. The van der Waals surface area contributed by atoms with Crippen LogP contribution in [-0.2, 0) is 4.79 Å². The van der Waals surface area contributed by atoms with Gasteiger partial charge in [0.05, 0.1) is 5.02 Å². The van der Waals surface area contributed by atoms with Crippen LogP contribution in [0.2, 0.25) is 5.02 Å². The normalized spacial score (nSPS) is 10.7. The van der Waals surface area contributed by atoms with Crippen LogP contribution in [0.25, 0.3) is 6.08 Å². The molecule has 0 saturated heterocycles. The second-order valence-corrected chi connectivity index (χ2v) is 5.03. The molecule has 0 saturated carbocycles. The van der Waals surface area contributed by atoms with Crippen LogP contribution in [0.3, 0.4) is 0 Å². The second kappa shape index (κ2) is 7.81. The van der Waals surface area contributed by atoms with E-state index in [1.54, 1.807) is 6.07 Å². The monoisotopic (exact) mass is 315 g/mol. The fraction of sp³-hybridized carbons (Fsp3) is 0.231. The SMILES string of the molecule is CC(C)NC(=S)NNC(=O)/C=C/c1c(F)cccc1Cl. The van der Waals surface area contributed by atoms with Gasteiger partial charge in [-0.25, -0.2) is 4.39 Å². The molecule has 0 spiro atoms. The molecule has 0 aromatic heterocycles. The lowest BCUT2D eigenvalue weighted by molar-refractivity contribution is -0.116. The first-order valence-corrected chi connectivity index (χ1v) is 6.67. The molecule has 1 aromatic rings. The average Bonchev–Trinajstić information content (AvgIpc) is 2.35. The van der Waals surface area contributed by atoms with E-state index in [0.29, 0.717) is 5.11 Å². The summed E-state index contributed by atoms with van der Waals surface area (Å²) >= 11 is 10.8. The number of hydrazine groups is 1. The molecule has 1 amide bonds. The summed E-state index contributed by atoms with van der Waals surface area (Å²) in [6.07, 6.45) is 2.46. The highest BCUT2D eigenvalue weighted by Gasteiger charge is 2.04. The van der Waals surface area contributed by atoms with Crippen LogP contribution in [-0.4, -0.2) is 17.1 Å². The Morgan fingerprint density at radius 1 is 1.40 bits per heavy atom. The van der Waals surface area contributed by atoms with Crippen LogP contribution in [0.5, 0.6) is 0 Å². The number of carbonyl (C=O) groups excluding carboxylic acids is 1. The summed E-state index contributed by atoms with van der Waals surface area (Å²) in [6, 6.07) is 4.46. The first-order chi connectivity index (χ1) is 9.40. The minimum absolute atomic E-state index is 0.152. The molecule has 4 nitrogen and oxygen atoms in total. The maximum Gasteiger partial charge on any atom is 0.262 e. The van der Waals surface area contributed by atoms with Gasteiger partial charge in [-0.1, -0.05) is 17.7 Å². The lowest BCUT2D eigenvalue weighted by atomic mass is 10.2. The molecule has 0 aliphatic heterocycles. The highest BCUT2D eigenvalue weighted by molar-refractivity contribution is 7.80. The van der Waals surface area contributed by atoms with Crippen molar-refractivity contribution in [3.8, 4) is 0 Å². The molecule has 108 valence electrons. The summed E-state index contributed by atoms with van der Waals surface area (Å²) in [5.41, 5.74) is 5.03. The Morgan fingerprint density at radius 2 is 2.10 bits per heavy atom. The fourth-order valence-electron chi connectivity index (χ4n) is 1.29. The van der Waals surface area contributed by atoms with Crippen molar-refractivity contribution >= 4 is 40.9 Å². The number of halogens is 2. The number of hydrogen-bond acceptors (Lipinski definition) is 2. The van der Waals surface area contributed by atoms with Crippen molar-refractivity contribution in [3.63, 3.8) is 0 Å². The van der Waals surface area contributed by atoms with E-state index in [9.17, 15) is 9.18 Å². The summed E-state index contributed by atoms with van der Waals surface area (Å²) in [7, 11) is 0. The summed E-state index contributed by atoms with van der Waals surface area (Å²) in [5.74, 6) is -0.969. The molecule has 0 bridgehead atoms. The lowest BCUT2D eigenvalue weighted by Gasteiger charge is -2.12. The highest BCUT2D eigenvalue weighted by atomic mass is 35.5. The van der Waals surface area contributed by atoms with Gasteiger partial charge < -0.3 is 5.32 Å². The minimum Gasteiger partial charge on any atom is -0.359 e. The van der Waals surface area contributed by atoms with Crippen LogP contribution >= 0.6 is 23.8 Å². The molecular formula is C13H15ClFN3OS. The second-order valence-electron chi connectivity index (χ2n) is 4.21. The zero-order valence-electron chi connectivity index (χ0n) is 11.0. The lowest BCUT2D eigenvalue weighted by Crippen LogP contribution is -2.48. The van der Waals surface area contributed by atoms with Gasteiger partial charge in [-0.05, 0) is 44.3 Å². The van der Waals surface area contributed by atoms with E-state index in [1.807, 2.05) is 13.8 Å². The van der Waals surface area contributed by atoms with Gasteiger partial charge >= 0.3 is 0 Å². The van der Waals surface area contributed by atoms with Gasteiger partial charge in [-0.15, -0.1) is 0 Å². The molecule has 0 radical (unpaired) electrons. The zero-order chi connectivity index (χ0) is 15.1. The summed E-state index contributed by atoms with van der Waals surface area (Å²) < 4.78 is 13.4. The third kappa shape index (κ3) is 5.54. The maximum absolute atomic E-state index is 13.4. The Labute approximate surface area is 127 Å². The minimum atomic E-state index is -0.494. The van der Waals surface area contributed by atoms with Crippen molar-refractivity contribution in [3.05, 3.63) is 40.7 Å². The van der Waals surface area contributed by atoms with E-state index < -0.39 is 11.7 Å². The van der Waals surface area contributed by atoms with Crippen molar-refractivity contribution in [2.45, 2.75) is 19.9 Å². The Balaban J connectivity index is 2.54.